The summed E-state index contributed by atoms with van der Waals surface area (Å²) in [5.41, 5.74) is 0.985. The van der Waals surface area contributed by atoms with Crippen LogP contribution < -0.4 is 0 Å². The van der Waals surface area contributed by atoms with Gasteiger partial charge >= 0.3 is 0 Å². The van der Waals surface area contributed by atoms with Crippen molar-refractivity contribution in [2.75, 3.05) is 26.3 Å². The van der Waals surface area contributed by atoms with E-state index in [1.165, 1.54) is 4.31 Å². The molecule has 1 fully saturated rings. The van der Waals surface area contributed by atoms with Crippen molar-refractivity contribution in [2.24, 2.45) is 0 Å². The first-order chi connectivity index (χ1) is 8.46. The van der Waals surface area contributed by atoms with Gasteiger partial charge in [0.1, 0.15) is 4.90 Å². The summed E-state index contributed by atoms with van der Waals surface area (Å²) in [6, 6.07) is 0. The van der Waals surface area contributed by atoms with Crippen LogP contribution in [0.1, 0.15) is 11.4 Å². The number of aryl methyl sites for hydroxylation is 2. The summed E-state index contributed by atoms with van der Waals surface area (Å²) in [5.74, 6) is 0. The molecular formula is C10H17N3O4S. The molecule has 1 aromatic rings. The van der Waals surface area contributed by atoms with Gasteiger partial charge in [-0.15, -0.1) is 0 Å². The van der Waals surface area contributed by atoms with Crippen LogP contribution in [0, 0.1) is 13.8 Å². The van der Waals surface area contributed by atoms with E-state index >= 15 is 0 Å². The standard InChI is InChI=1S/C10H17N3O4S/c1-7-10(8(2)12-11-7)18(15,16)13-3-4-17-9(5-13)6-14/h9,14H,3-6H2,1-2H3,(H,11,12). The first-order valence-corrected chi connectivity index (χ1v) is 7.15. The quantitative estimate of drug-likeness (QED) is 0.768. The summed E-state index contributed by atoms with van der Waals surface area (Å²) in [7, 11) is -3.57. The smallest absolute Gasteiger partial charge is 0.246 e. The summed E-state index contributed by atoms with van der Waals surface area (Å²) in [6.07, 6.45) is -0.457. The van der Waals surface area contributed by atoms with Crippen LogP contribution in [-0.4, -0.2) is 60.4 Å². The van der Waals surface area contributed by atoms with Crippen LogP contribution in [0.5, 0.6) is 0 Å². The van der Waals surface area contributed by atoms with Gasteiger partial charge in [-0.2, -0.15) is 9.40 Å². The molecule has 8 heteroatoms. The molecule has 0 saturated carbocycles. The minimum absolute atomic E-state index is 0.170. The number of aromatic amines is 1. The zero-order chi connectivity index (χ0) is 13.3. The van der Waals surface area contributed by atoms with E-state index in [1.807, 2.05) is 0 Å². The second-order valence-electron chi connectivity index (χ2n) is 4.30. The number of ether oxygens (including phenoxy) is 1. The van der Waals surface area contributed by atoms with Gasteiger partial charge in [-0.25, -0.2) is 8.42 Å². The number of morpholine rings is 1. The molecular weight excluding hydrogens is 258 g/mol. The molecule has 1 atom stereocenters. The van der Waals surface area contributed by atoms with Crippen molar-refractivity contribution in [3.8, 4) is 0 Å². The number of rotatable bonds is 3. The number of aromatic nitrogens is 2. The molecule has 1 saturated heterocycles. The third-order valence-corrected chi connectivity index (χ3v) is 5.09. The van der Waals surface area contributed by atoms with Crippen LogP contribution in [-0.2, 0) is 14.8 Å². The fourth-order valence-electron chi connectivity index (χ4n) is 2.07. The molecule has 1 aliphatic rings. The Balaban J connectivity index is 2.31. The van der Waals surface area contributed by atoms with Gasteiger partial charge in [0.15, 0.2) is 0 Å². The first-order valence-electron chi connectivity index (χ1n) is 5.71. The van der Waals surface area contributed by atoms with Gasteiger partial charge < -0.3 is 9.84 Å². The first kappa shape index (κ1) is 13.5. The van der Waals surface area contributed by atoms with Crippen molar-refractivity contribution in [1.82, 2.24) is 14.5 Å². The fourth-order valence-corrected chi connectivity index (χ4v) is 3.86. The van der Waals surface area contributed by atoms with E-state index in [4.69, 9.17) is 9.84 Å². The van der Waals surface area contributed by atoms with Crippen LogP contribution in [0.3, 0.4) is 0 Å². The van der Waals surface area contributed by atoms with Crippen molar-refractivity contribution in [3.05, 3.63) is 11.4 Å². The number of aliphatic hydroxyl groups excluding tert-OH is 1. The average Bonchev–Trinajstić information content (AvgIpc) is 2.69. The maximum atomic E-state index is 12.5. The van der Waals surface area contributed by atoms with Crippen LogP contribution in [0.2, 0.25) is 0 Å². The topological polar surface area (TPSA) is 95.5 Å². The highest BCUT2D eigenvalue weighted by Gasteiger charge is 2.33. The zero-order valence-electron chi connectivity index (χ0n) is 10.4. The number of hydrogen-bond acceptors (Lipinski definition) is 5. The van der Waals surface area contributed by atoms with Crippen LogP contribution in [0.25, 0.3) is 0 Å². The third kappa shape index (κ3) is 2.28. The van der Waals surface area contributed by atoms with Gasteiger partial charge in [0.25, 0.3) is 0 Å². The molecule has 1 unspecified atom stereocenters. The third-order valence-electron chi connectivity index (χ3n) is 2.96. The van der Waals surface area contributed by atoms with E-state index in [1.54, 1.807) is 13.8 Å². The van der Waals surface area contributed by atoms with Crippen molar-refractivity contribution in [2.45, 2.75) is 24.8 Å². The minimum Gasteiger partial charge on any atom is -0.394 e. The summed E-state index contributed by atoms with van der Waals surface area (Å²) >= 11 is 0. The van der Waals surface area contributed by atoms with Gasteiger partial charge in [-0.3, -0.25) is 5.10 Å². The van der Waals surface area contributed by atoms with E-state index in [2.05, 4.69) is 10.2 Å². The summed E-state index contributed by atoms with van der Waals surface area (Å²) in [6.45, 7) is 3.90. The molecule has 1 aliphatic heterocycles. The lowest BCUT2D eigenvalue weighted by molar-refractivity contribution is -0.0304. The van der Waals surface area contributed by atoms with Crippen LogP contribution in [0.15, 0.2) is 4.90 Å². The number of aliphatic hydroxyl groups is 1. The van der Waals surface area contributed by atoms with Gasteiger partial charge in [-0.1, -0.05) is 0 Å². The van der Waals surface area contributed by atoms with E-state index in [0.717, 1.165) is 0 Å². The SMILES string of the molecule is Cc1n[nH]c(C)c1S(=O)(=O)N1CCOC(CO)C1. The lowest BCUT2D eigenvalue weighted by atomic mass is 10.3. The summed E-state index contributed by atoms with van der Waals surface area (Å²) in [5, 5.41) is 15.6. The normalized spacial score (nSPS) is 22.3. The number of hydrogen-bond donors (Lipinski definition) is 2. The van der Waals surface area contributed by atoms with Crippen LogP contribution >= 0.6 is 0 Å². The number of nitrogens with zero attached hydrogens (tertiary/aromatic N) is 2. The van der Waals surface area contributed by atoms with Gasteiger partial charge in [0, 0.05) is 13.1 Å². The monoisotopic (exact) mass is 275 g/mol. The lowest BCUT2D eigenvalue weighted by Crippen LogP contribution is -2.46. The Morgan fingerprint density at radius 2 is 2.28 bits per heavy atom. The Labute approximate surface area is 106 Å². The van der Waals surface area contributed by atoms with Crippen molar-refractivity contribution < 1.29 is 18.3 Å². The minimum atomic E-state index is -3.57. The maximum absolute atomic E-state index is 12.5. The van der Waals surface area contributed by atoms with E-state index in [0.29, 0.717) is 24.5 Å². The van der Waals surface area contributed by atoms with Crippen molar-refractivity contribution in [1.29, 1.82) is 0 Å². The van der Waals surface area contributed by atoms with Crippen LogP contribution in [0.4, 0.5) is 0 Å². The Kier molecular flexibility index (Phi) is 3.71. The molecule has 0 aliphatic carbocycles. The number of H-pyrrole nitrogens is 1. The predicted molar refractivity (Wildman–Crippen MR) is 63.6 cm³/mol. The molecule has 0 spiro atoms. The number of nitrogens with one attached hydrogen (secondary N) is 1. The van der Waals surface area contributed by atoms with E-state index in [-0.39, 0.29) is 18.0 Å². The molecule has 0 amide bonds. The molecule has 102 valence electrons. The maximum Gasteiger partial charge on any atom is 0.246 e. The summed E-state index contributed by atoms with van der Waals surface area (Å²) in [4.78, 5) is 0.223. The second kappa shape index (κ2) is 4.96. The Hall–Kier alpha value is -0.960. The Morgan fingerprint density at radius 3 is 2.83 bits per heavy atom. The molecule has 0 radical (unpaired) electrons. The highest BCUT2D eigenvalue weighted by molar-refractivity contribution is 7.89. The molecule has 0 aromatic carbocycles. The molecule has 18 heavy (non-hydrogen) atoms. The molecule has 7 nitrogen and oxygen atoms in total. The molecule has 2 rings (SSSR count). The average molecular weight is 275 g/mol. The number of sulfonamides is 1. The molecule has 2 N–H and O–H groups in total. The van der Waals surface area contributed by atoms with Gasteiger partial charge in [-0.05, 0) is 13.8 Å². The lowest BCUT2D eigenvalue weighted by Gasteiger charge is -2.31. The van der Waals surface area contributed by atoms with Gasteiger partial charge in [0.2, 0.25) is 10.0 Å². The van der Waals surface area contributed by atoms with Gasteiger partial charge in [0.05, 0.1) is 30.7 Å². The fraction of sp³-hybridized carbons (Fsp3) is 0.700. The predicted octanol–water partition coefficient (Wildman–Crippen LogP) is -0.592. The van der Waals surface area contributed by atoms with Crippen molar-refractivity contribution in [3.63, 3.8) is 0 Å². The Bertz CT molecular complexity index is 506. The van der Waals surface area contributed by atoms with E-state index in [9.17, 15) is 8.42 Å². The molecule has 1 aromatic heterocycles. The second-order valence-corrected chi connectivity index (χ2v) is 6.18. The summed E-state index contributed by atoms with van der Waals surface area (Å²) < 4.78 is 31.5. The molecule has 2 heterocycles. The zero-order valence-corrected chi connectivity index (χ0v) is 11.2. The van der Waals surface area contributed by atoms with E-state index < -0.39 is 16.1 Å². The largest absolute Gasteiger partial charge is 0.394 e. The molecule has 0 bridgehead atoms. The highest BCUT2D eigenvalue weighted by Crippen LogP contribution is 2.23. The highest BCUT2D eigenvalue weighted by atomic mass is 32.2. The Morgan fingerprint density at radius 1 is 1.56 bits per heavy atom. The van der Waals surface area contributed by atoms with Crippen molar-refractivity contribution >= 4 is 10.0 Å².